The fraction of sp³-hybridized carbons (Fsp3) is 0.696. The highest BCUT2D eigenvalue weighted by molar-refractivity contribution is 5.97. The molecule has 2 N–H and O–H groups in total. The van der Waals surface area contributed by atoms with Crippen LogP contribution in [0, 0.1) is 0 Å². The number of aromatic nitrogens is 1. The van der Waals surface area contributed by atoms with Gasteiger partial charge >= 0.3 is 5.97 Å². The summed E-state index contributed by atoms with van der Waals surface area (Å²) in [5.74, 6) is -1.74. The molecule has 2 aliphatic rings. The van der Waals surface area contributed by atoms with Gasteiger partial charge in [-0.05, 0) is 77.1 Å². The van der Waals surface area contributed by atoms with Gasteiger partial charge in [0, 0.05) is 18.8 Å². The molecule has 0 unspecified atom stereocenters. The molecule has 0 saturated carbocycles. The third-order valence-corrected chi connectivity index (χ3v) is 6.39. The average Bonchev–Trinajstić information content (AvgIpc) is 2.68. The molecule has 0 radical (unpaired) electrons. The van der Waals surface area contributed by atoms with Crippen molar-refractivity contribution in [3.05, 3.63) is 33.2 Å². The first kappa shape index (κ1) is 22.5. The zero-order chi connectivity index (χ0) is 21.7. The molecule has 1 saturated heterocycles. The predicted octanol–water partition coefficient (Wildman–Crippen LogP) is 2.59. The van der Waals surface area contributed by atoms with Gasteiger partial charge in [0.1, 0.15) is 11.1 Å². The third kappa shape index (κ3) is 5.31. The second-order valence-corrected chi connectivity index (χ2v) is 9.19. The van der Waals surface area contributed by atoms with Crippen LogP contribution in [0.3, 0.4) is 0 Å². The molecule has 7 heteroatoms. The number of carboxylic acid groups (broad SMARTS) is 1. The molecule has 0 spiro atoms. The maximum absolute atomic E-state index is 13.3. The van der Waals surface area contributed by atoms with Crippen molar-refractivity contribution >= 4 is 11.9 Å². The van der Waals surface area contributed by atoms with Gasteiger partial charge in [0.05, 0.1) is 0 Å². The number of piperidine rings is 1. The van der Waals surface area contributed by atoms with Crippen LogP contribution in [0.4, 0.5) is 0 Å². The van der Waals surface area contributed by atoms with Crippen LogP contribution < -0.4 is 10.9 Å². The number of aryl methyl sites for hydroxylation is 1. The van der Waals surface area contributed by atoms with E-state index in [1.807, 2.05) is 0 Å². The SMILES string of the molecule is CC(C)(NC(=O)c1cc2c(n(CCN3CCCCC3)c1=O)CCCCCC2)C(=O)O. The zero-order valence-corrected chi connectivity index (χ0v) is 18.3. The number of likely N-dealkylation sites (tertiary alicyclic amines) is 1. The highest BCUT2D eigenvalue weighted by Crippen LogP contribution is 2.21. The Morgan fingerprint density at radius 2 is 1.63 bits per heavy atom. The van der Waals surface area contributed by atoms with Crippen molar-refractivity contribution in [1.82, 2.24) is 14.8 Å². The maximum Gasteiger partial charge on any atom is 0.328 e. The molecule has 166 valence electrons. The van der Waals surface area contributed by atoms with Crippen molar-refractivity contribution in [3.63, 3.8) is 0 Å². The molecule has 3 rings (SSSR count). The molecule has 1 aromatic rings. The van der Waals surface area contributed by atoms with E-state index in [1.54, 1.807) is 10.6 Å². The van der Waals surface area contributed by atoms with Crippen LogP contribution in [0.15, 0.2) is 10.9 Å². The summed E-state index contributed by atoms with van der Waals surface area (Å²) in [6.45, 7) is 6.35. The number of nitrogens with one attached hydrogen (secondary N) is 1. The molecular formula is C23H35N3O4. The van der Waals surface area contributed by atoms with Gasteiger partial charge in [0.15, 0.2) is 0 Å². The van der Waals surface area contributed by atoms with E-state index in [-0.39, 0.29) is 11.1 Å². The number of hydrogen-bond donors (Lipinski definition) is 2. The average molecular weight is 418 g/mol. The van der Waals surface area contributed by atoms with Gasteiger partial charge < -0.3 is 19.9 Å². The minimum absolute atomic E-state index is 0.0577. The van der Waals surface area contributed by atoms with Crippen molar-refractivity contribution in [2.45, 2.75) is 83.7 Å². The van der Waals surface area contributed by atoms with E-state index < -0.39 is 17.4 Å². The summed E-state index contributed by atoms with van der Waals surface area (Å²) in [6, 6.07) is 1.72. The van der Waals surface area contributed by atoms with Crippen molar-refractivity contribution in [2.75, 3.05) is 19.6 Å². The second kappa shape index (κ2) is 9.77. The monoisotopic (exact) mass is 417 g/mol. The minimum Gasteiger partial charge on any atom is -0.480 e. The fourth-order valence-electron chi connectivity index (χ4n) is 4.46. The Kier molecular flexibility index (Phi) is 7.34. The van der Waals surface area contributed by atoms with Gasteiger partial charge in [-0.15, -0.1) is 0 Å². The van der Waals surface area contributed by atoms with Crippen LogP contribution in [0.25, 0.3) is 0 Å². The lowest BCUT2D eigenvalue weighted by Gasteiger charge is -2.28. The van der Waals surface area contributed by atoms with Gasteiger partial charge in [-0.25, -0.2) is 4.79 Å². The van der Waals surface area contributed by atoms with E-state index in [9.17, 15) is 19.5 Å². The van der Waals surface area contributed by atoms with E-state index in [1.165, 1.54) is 33.1 Å². The number of hydrogen-bond acceptors (Lipinski definition) is 4. The second-order valence-electron chi connectivity index (χ2n) is 9.19. The first-order valence-corrected chi connectivity index (χ1v) is 11.3. The van der Waals surface area contributed by atoms with E-state index >= 15 is 0 Å². The molecule has 30 heavy (non-hydrogen) atoms. The lowest BCUT2D eigenvalue weighted by atomic mass is 9.95. The Morgan fingerprint density at radius 3 is 2.30 bits per heavy atom. The Morgan fingerprint density at radius 1 is 1.00 bits per heavy atom. The summed E-state index contributed by atoms with van der Waals surface area (Å²) in [5, 5.41) is 11.9. The fourth-order valence-corrected chi connectivity index (χ4v) is 4.46. The number of aliphatic carboxylic acids is 1. The normalized spacial score (nSPS) is 18.2. The third-order valence-electron chi connectivity index (χ3n) is 6.39. The van der Waals surface area contributed by atoms with Crippen LogP contribution in [-0.2, 0) is 24.2 Å². The van der Waals surface area contributed by atoms with Crippen molar-refractivity contribution < 1.29 is 14.7 Å². The van der Waals surface area contributed by atoms with Gasteiger partial charge in [-0.2, -0.15) is 0 Å². The molecule has 1 amide bonds. The largest absolute Gasteiger partial charge is 0.480 e. The molecule has 1 aliphatic heterocycles. The highest BCUT2D eigenvalue weighted by atomic mass is 16.4. The molecule has 0 atom stereocenters. The first-order chi connectivity index (χ1) is 14.3. The van der Waals surface area contributed by atoms with Gasteiger partial charge in [-0.3, -0.25) is 9.59 Å². The van der Waals surface area contributed by atoms with Crippen molar-refractivity contribution in [1.29, 1.82) is 0 Å². The number of pyridine rings is 1. The van der Waals surface area contributed by atoms with Gasteiger partial charge in [-0.1, -0.05) is 19.3 Å². The summed E-state index contributed by atoms with van der Waals surface area (Å²) in [6.07, 6.45) is 9.76. The lowest BCUT2D eigenvalue weighted by Crippen LogP contribution is -2.51. The van der Waals surface area contributed by atoms with Crippen LogP contribution in [0.5, 0.6) is 0 Å². The number of amides is 1. The Bertz CT molecular complexity index is 838. The first-order valence-electron chi connectivity index (χ1n) is 11.3. The summed E-state index contributed by atoms with van der Waals surface area (Å²) >= 11 is 0. The van der Waals surface area contributed by atoms with E-state index in [2.05, 4.69) is 10.2 Å². The minimum atomic E-state index is -1.44. The van der Waals surface area contributed by atoms with E-state index in [0.29, 0.717) is 6.54 Å². The quantitative estimate of drug-likeness (QED) is 0.742. The van der Waals surface area contributed by atoms with Crippen molar-refractivity contribution in [3.8, 4) is 0 Å². The molecule has 7 nitrogen and oxygen atoms in total. The topological polar surface area (TPSA) is 91.6 Å². The van der Waals surface area contributed by atoms with E-state index in [0.717, 1.165) is 69.4 Å². The number of nitrogens with zero attached hydrogens (tertiary/aromatic N) is 2. The summed E-state index contributed by atoms with van der Waals surface area (Å²) in [4.78, 5) is 40.1. The van der Waals surface area contributed by atoms with Gasteiger partial charge in [0.25, 0.3) is 11.5 Å². The summed E-state index contributed by atoms with van der Waals surface area (Å²) in [7, 11) is 0. The van der Waals surface area contributed by atoms with E-state index in [4.69, 9.17) is 0 Å². The Hall–Kier alpha value is -2.15. The Balaban J connectivity index is 1.94. The lowest BCUT2D eigenvalue weighted by molar-refractivity contribution is -0.143. The highest BCUT2D eigenvalue weighted by Gasteiger charge is 2.31. The maximum atomic E-state index is 13.3. The van der Waals surface area contributed by atoms with Crippen LogP contribution in [0.1, 0.15) is 80.4 Å². The molecule has 1 aromatic heterocycles. The van der Waals surface area contributed by atoms with Gasteiger partial charge in [0.2, 0.25) is 0 Å². The van der Waals surface area contributed by atoms with Crippen LogP contribution in [-0.4, -0.2) is 51.6 Å². The summed E-state index contributed by atoms with van der Waals surface area (Å²) < 4.78 is 1.80. The van der Waals surface area contributed by atoms with Crippen molar-refractivity contribution in [2.24, 2.45) is 0 Å². The summed E-state index contributed by atoms with van der Waals surface area (Å²) in [5.41, 5.74) is 0.441. The predicted molar refractivity (Wildman–Crippen MR) is 116 cm³/mol. The standard InChI is InChI=1S/C23H35N3O4/c1-23(2,22(29)30)24-20(27)18-16-17-10-6-3-4-7-11-19(17)26(21(18)28)15-14-25-12-8-5-9-13-25/h16H,3-15H2,1-2H3,(H,24,27)(H,29,30). The molecule has 1 aliphatic carbocycles. The smallest absolute Gasteiger partial charge is 0.328 e. The molecule has 0 bridgehead atoms. The zero-order valence-electron chi connectivity index (χ0n) is 18.3. The molecule has 2 heterocycles. The number of rotatable bonds is 6. The van der Waals surface area contributed by atoms with Crippen LogP contribution >= 0.6 is 0 Å². The molecular weight excluding hydrogens is 382 g/mol. The molecule has 1 fully saturated rings. The van der Waals surface area contributed by atoms with Crippen LogP contribution in [0.2, 0.25) is 0 Å². The number of carbonyl (C=O) groups is 2. The number of fused-ring (bicyclic) bond motifs is 1. The molecule has 0 aromatic carbocycles. The number of carboxylic acids is 1. The Labute approximate surface area is 178 Å². The number of carbonyl (C=O) groups excluding carboxylic acids is 1.